The Morgan fingerprint density at radius 3 is 3.00 bits per heavy atom. The Hall–Kier alpha value is -1.02. The Kier molecular flexibility index (Phi) is 6.31. The summed E-state index contributed by atoms with van der Waals surface area (Å²) in [5, 5.41) is 0. The number of ether oxygens (including phenoxy) is 2. The van der Waals surface area contributed by atoms with Crippen LogP contribution in [-0.2, 0) is 19.5 Å². The predicted octanol–water partition coefficient (Wildman–Crippen LogP) is 2.00. The van der Waals surface area contributed by atoms with Gasteiger partial charge in [-0.3, -0.25) is 0 Å². The van der Waals surface area contributed by atoms with Gasteiger partial charge in [-0.15, -0.1) is 0 Å². The molecule has 22 heavy (non-hydrogen) atoms. The highest BCUT2D eigenvalue weighted by Gasteiger charge is 2.18. The summed E-state index contributed by atoms with van der Waals surface area (Å²) in [4.78, 5) is -0.312. The second-order valence-electron chi connectivity index (χ2n) is 5.40. The molecule has 1 saturated heterocycles. The van der Waals surface area contributed by atoms with E-state index in [-0.39, 0.29) is 17.5 Å². The molecule has 0 aromatic heterocycles. The molecule has 0 bridgehead atoms. The molecule has 1 fully saturated rings. The Balaban J connectivity index is 1.72. The fourth-order valence-electron chi connectivity index (χ4n) is 2.27. The minimum absolute atomic E-state index is 0.165. The highest BCUT2D eigenvalue weighted by atomic mass is 32.2. The molecule has 1 heterocycles. The molecule has 0 unspecified atom stereocenters. The first-order valence-electron chi connectivity index (χ1n) is 7.44. The van der Waals surface area contributed by atoms with Crippen LogP contribution in [0.2, 0.25) is 0 Å². The molecule has 0 spiro atoms. The summed E-state index contributed by atoms with van der Waals surface area (Å²) in [6.07, 6.45) is 2.77. The van der Waals surface area contributed by atoms with Gasteiger partial charge in [0, 0.05) is 19.8 Å². The Labute approximate surface area is 130 Å². The summed E-state index contributed by atoms with van der Waals surface area (Å²) in [5.74, 6) is -0.743. The zero-order valence-corrected chi connectivity index (χ0v) is 13.5. The van der Waals surface area contributed by atoms with E-state index in [2.05, 4.69) is 4.72 Å². The second kappa shape index (κ2) is 8.01. The standard InChI is InChI=1S/C15H22FNO4S/c1-12-5-6-14(16)15(10-12)22(18,19)17-7-3-8-20-11-13-4-2-9-21-13/h5-6,10,13,17H,2-4,7-9,11H2,1H3/t13-/m0/s1. The van der Waals surface area contributed by atoms with Gasteiger partial charge in [-0.1, -0.05) is 6.07 Å². The molecule has 1 aliphatic heterocycles. The Morgan fingerprint density at radius 1 is 1.45 bits per heavy atom. The summed E-state index contributed by atoms with van der Waals surface area (Å²) in [5.41, 5.74) is 0.696. The molecule has 0 radical (unpaired) electrons. The number of aryl methyl sites for hydroxylation is 1. The SMILES string of the molecule is Cc1ccc(F)c(S(=O)(=O)NCCCOC[C@@H]2CCCO2)c1. The molecule has 1 N–H and O–H groups in total. The molecule has 1 aliphatic rings. The van der Waals surface area contributed by atoms with Crippen LogP contribution >= 0.6 is 0 Å². The minimum atomic E-state index is -3.82. The maximum absolute atomic E-state index is 13.6. The van der Waals surface area contributed by atoms with Gasteiger partial charge in [0.1, 0.15) is 10.7 Å². The number of hydrogen-bond acceptors (Lipinski definition) is 4. The molecule has 1 aromatic rings. The summed E-state index contributed by atoms with van der Waals surface area (Å²) in [6, 6.07) is 4.02. The third kappa shape index (κ3) is 5.01. The topological polar surface area (TPSA) is 64.6 Å². The van der Waals surface area contributed by atoms with Crippen molar-refractivity contribution >= 4 is 10.0 Å². The molecule has 0 aliphatic carbocycles. The number of halogens is 1. The molecule has 1 atom stereocenters. The molecular weight excluding hydrogens is 309 g/mol. The van der Waals surface area contributed by atoms with Gasteiger partial charge < -0.3 is 9.47 Å². The van der Waals surface area contributed by atoms with Gasteiger partial charge in [0.25, 0.3) is 0 Å². The number of benzene rings is 1. The van der Waals surface area contributed by atoms with Crippen LogP contribution in [0.5, 0.6) is 0 Å². The van der Waals surface area contributed by atoms with Crippen molar-refractivity contribution in [3.8, 4) is 0 Å². The number of rotatable bonds is 8. The average Bonchev–Trinajstić information content (AvgIpc) is 2.98. The van der Waals surface area contributed by atoms with Crippen molar-refractivity contribution in [2.24, 2.45) is 0 Å². The molecule has 0 amide bonds. The van der Waals surface area contributed by atoms with Gasteiger partial charge >= 0.3 is 0 Å². The van der Waals surface area contributed by atoms with E-state index in [4.69, 9.17) is 9.47 Å². The lowest BCUT2D eigenvalue weighted by Gasteiger charge is -2.11. The molecule has 7 heteroatoms. The van der Waals surface area contributed by atoms with Crippen LogP contribution in [0.4, 0.5) is 4.39 Å². The van der Waals surface area contributed by atoms with Gasteiger partial charge in [0.2, 0.25) is 10.0 Å². The van der Waals surface area contributed by atoms with Crippen LogP contribution in [0.25, 0.3) is 0 Å². The lowest BCUT2D eigenvalue weighted by Crippen LogP contribution is -2.27. The number of hydrogen-bond donors (Lipinski definition) is 1. The molecule has 5 nitrogen and oxygen atoms in total. The predicted molar refractivity (Wildman–Crippen MR) is 80.7 cm³/mol. The lowest BCUT2D eigenvalue weighted by atomic mass is 10.2. The third-order valence-electron chi connectivity index (χ3n) is 3.46. The fourth-order valence-corrected chi connectivity index (χ4v) is 3.50. The minimum Gasteiger partial charge on any atom is -0.379 e. The van der Waals surface area contributed by atoms with Gasteiger partial charge in [0.05, 0.1) is 12.7 Å². The molecule has 2 rings (SSSR count). The fraction of sp³-hybridized carbons (Fsp3) is 0.600. The molecule has 124 valence electrons. The van der Waals surface area contributed by atoms with Crippen molar-refractivity contribution in [2.75, 3.05) is 26.4 Å². The maximum atomic E-state index is 13.6. The van der Waals surface area contributed by atoms with Gasteiger partial charge in [-0.2, -0.15) is 0 Å². The van der Waals surface area contributed by atoms with Crippen molar-refractivity contribution in [1.29, 1.82) is 0 Å². The zero-order valence-electron chi connectivity index (χ0n) is 12.7. The summed E-state index contributed by atoms with van der Waals surface area (Å²) < 4.78 is 50.9. The van der Waals surface area contributed by atoms with Crippen LogP contribution in [-0.4, -0.2) is 40.9 Å². The summed E-state index contributed by atoms with van der Waals surface area (Å²) in [6.45, 7) is 3.70. The highest BCUT2D eigenvalue weighted by molar-refractivity contribution is 7.89. The van der Waals surface area contributed by atoms with Gasteiger partial charge in [-0.25, -0.2) is 17.5 Å². The average molecular weight is 331 g/mol. The Morgan fingerprint density at radius 2 is 2.27 bits per heavy atom. The van der Waals surface area contributed by atoms with E-state index >= 15 is 0 Å². The highest BCUT2D eigenvalue weighted by Crippen LogP contribution is 2.16. The van der Waals surface area contributed by atoms with Crippen LogP contribution in [0.3, 0.4) is 0 Å². The van der Waals surface area contributed by atoms with Crippen molar-refractivity contribution in [1.82, 2.24) is 4.72 Å². The van der Waals surface area contributed by atoms with Crippen molar-refractivity contribution in [3.05, 3.63) is 29.6 Å². The summed E-state index contributed by atoms with van der Waals surface area (Å²) in [7, 11) is -3.82. The maximum Gasteiger partial charge on any atom is 0.243 e. The number of sulfonamides is 1. The van der Waals surface area contributed by atoms with Gasteiger partial charge in [0.15, 0.2) is 0 Å². The van der Waals surface area contributed by atoms with Crippen LogP contribution < -0.4 is 4.72 Å². The van der Waals surface area contributed by atoms with Crippen LogP contribution in [0.15, 0.2) is 23.1 Å². The first kappa shape index (κ1) is 17.3. The monoisotopic (exact) mass is 331 g/mol. The van der Waals surface area contributed by atoms with Crippen LogP contribution in [0, 0.1) is 12.7 Å². The molecular formula is C15H22FNO4S. The zero-order chi connectivity index (χ0) is 16.0. The first-order chi connectivity index (χ1) is 10.5. The van der Waals surface area contributed by atoms with E-state index in [1.807, 2.05) is 0 Å². The quantitative estimate of drug-likeness (QED) is 0.740. The van der Waals surface area contributed by atoms with E-state index < -0.39 is 15.8 Å². The van der Waals surface area contributed by atoms with Gasteiger partial charge in [-0.05, 0) is 43.9 Å². The normalized spacial score (nSPS) is 18.7. The summed E-state index contributed by atoms with van der Waals surface area (Å²) >= 11 is 0. The van der Waals surface area contributed by atoms with E-state index in [0.29, 0.717) is 25.2 Å². The Bertz CT molecular complexity index is 585. The van der Waals surface area contributed by atoms with Crippen molar-refractivity contribution in [3.63, 3.8) is 0 Å². The van der Waals surface area contributed by atoms with E-state index in [0.717, 1.165) is 25.5 Å². The number of nitrogens with one attached hydrogen (secondary N) is 1. The largest absolute Gasteiger partial charge is 0.379 e. The van der Waals surface area contributed by atoms with E-state index in [1.165, 1.54) is 12.1 Å². The first-order valence-corrected chi connectivity index (χ1v) is 8.92. The van der Waals surface area contributed by atoms with E-state index in [9.17, 15) is 12.8 Å². The molecule has 1 aromatic carbocycles. The van der Waals surface area contributed by atoms with Crippen LogP contribution in [0.1, 0.15) is 24.8 Å². The lowest BCUT2D eigenvalue weighted by molar-refractivity contribution is 0.0169. The molecule has 0 saturated carbocycles. The second-order valence-corrected chi connectivity index (χ2v) is 7.13. The van der Waals surface area contributed by atoms with Crippen molar-refractivity contribution in [2.45, 2.75) is 37.2 Å². The van der Waals surface area contributed by atoms with E-state index in [1.54, 1.807) is 6.92 Å². The third-order valence-corrected chi connectivity index (χ3v) is 4.94. The smallest absolute Gasteiger partial charge is 0.243 e. The van der Waals surface area contributed by atoms with Crippen molar-refractivity contribution < 1.29 is 22.3 Å².